The first kappa shape index (κ1) is 19.3. The Balaban J connectivity index is 1.46. The molecule has 0 saturated heterocycles. The molecule has 0 spiro atoms. The summed E-state index contributed by atoms with van der Waals surface area (Å²) >= 11 is 0. The first-order chi connectivity index (χ1) is 13.5. The van der Waals surface area contributed by atoms with E-state index in [9.17, 15) is 9.59 Å². The number of carbonyl (C=O) groups excluding carboxylic acids is 2. The van der Waals surface area contributed by atoms with Crippen LogP contribution in [-0.4, -0.2) is 45.9 Å². The fraction of sp³-hybridized carbons (Fsp3) is 0.263. The van der Waals surface area contributed by atoms with Gasteiger partial charge in [-0.3, -0.25) is 15.6 Å². The van der Waals surface area contributed by atoms with Gasteiger partial charge >= 0.3 is 5.97 Å². The SMILES string of the molecule is C[C@](N)(NC(=O)c1ccc2[nH]ncc2c1)C(=O)OCCCNc1ccccn1. The number of ether oxygens (including phenoxy) is 1. The van der Waals surface area contributed by atoms with Gasteiger partial charge in [0.15, 0.2) is 5.66 Å². The van der Waals surface area contributed by atoms with Crippen molar-refractivity contribution in [2.45, 2.75) is 19.0 Å². The molecule has 0 unspecified atom stereocenters. The highest BCUT2D eigenvalue weighted by Gasteiger charge is 2.32. The number of aromatic amines is 1. The van der Waals surface area contributed by atoms with Gasteiger partial charge in [-0.15, -0.1) is 0 Å². The third-order valence-corrected chi connectivity index (χ3v) is 4.02. The third kappa shape index (κ3) is 4.83. The smallest absolute Gasteiger partial charge is 0.346 e. The zero-order valence-corrected chi connectivity index (χ0v) is 15.4. The van der Waals surface area contributed by atoms with E-state index in [1.54, 1.807) is 30.6 Å². The molecule has 0 aliphatic carbocycles. The molecule has 0 saturated carbocycles. The summed E-state index contributed by atoms with van der Waals surface area (Å²) < 4.78 is 5.19. The lowest BCUT2D eigenvalue weighted by molar-refractivity contribution is -0.150. The number of aromatic nitrogens is 3. The number of rotatable bonds is 8. The van der Waals surface area contributed by atoms with Crippen LogP contribution in [0.15, 0.2) is 48.8 Å². The van der Waals surface area contributed by atoms with Crippen molar-refractivity contribution in [2.75, 3.05) is 18.5 Å². The number of anilines is 1. The van der Waals surface area contributed by atoms with Crippen LogP contribution in [0.1, 0.15) is 23.7 Å². The van der Waals surface area contributed by atoms with Gasteiger partial charge in [-0.1, -0.05) is 6.07 Å². The molecule has 1 amide bonds. The van der Waals surface area contributed by atoms with Crippen LogP contribution in [0, 0.1) is 0 Å². The topological polar surface area (TPSA) is 135 Å². The van der Waals surface area contributed by atoms with Crippen LogP contribution in [0.5, 0.6) is 0 Å². The van der Waals surface area contributed by atoms with Crippen LogP contribution < -0.4 is 16.4 Å². The molecule has 28 heavy (non-hydrogen) atoms. The zero-order chi connectivity index (χ0) is 20.0. The van der Waals surface area contributed by atoms with Crippen molar-refractivity contribution in [2.24, 2.45) is 5.73 Å². The van der Waals surface area contributed by atoms with Gasteiger partial charge in [0, 0.05) is 23.7 Å². The van der Waals surface area contributed by atoms with E-state index in [1.807, 2.05) is 18.2 Å². The number of hydrogen-bond acceptors (Lipinski definition) is 7. The number of hydrogen-bond donors (Lipinski definition) is 4. The number of nitrogens with one attached hydrogen (secondary N) is 3. The van der Waals surface area contributed by atoms with Crippen molar-refractivity contribution in [1.82, 2.24) is 20.5 Å². The molecule has 0 aliphatic rings. The summed E-state index contributed by atoms with van der Waals surface area (Å²) in [5.74, 6) is -0.427. The average Bonchev–Trinajstić information content (AvgIpc) is 3.15. The Morgan fingerprint density at radius 1 is 1.29 bits per heavy atom. The number of benzene rings is 1. The molecule has 2 aromatic heterocycles. The van der Waals surface area contributed by atoms with Crippen molar-refractivity contribution in [3.8, 4) is 0 Å². The highest BCUT2D eigenvalue weighted by Crippen LogP contribution is 2.13. The predicted octanol–water partition coefficient (Wildman–Crippen LogP) is 1.41. The average molecular weight is 382 g/mol. The molecule has 9 nitrogen and oxygen atoms in total. The second-order valence-corrected chi connectivity index (χ2v) is 6.46. The molecule has 1 aromatic carbocycles. The number of H-pyrrole nitrogens is 1. The number of esters is 1. The Bertz CT molecular complexity index is 954. The Labute approximate surface area is 161 Å². The van der Waals surface area contributed by atoms with Crippen LogP contribution >= 0.6 is 0 Å². The number of nitrogens with zero attached hydrogens (tertiary/aromatic N) is 2. The van der Waals surface area contributed by atoms with Crippen LogP contribution in [0.25, 0.3) is 10.9 Å². The Hall–Kier alpha value is -3.46. The Kier molecular flexibility index (Phi) is 5.85. The van der Waals surface area contributed by atoms with Crippen LogP contribution in [0.2, 0.25) is 0 Å². The minimum absolute atomic E-state index is 0.169. The largest absolute Gasteiger partial charge is 0.463 e. The van der Waals surface area contributed by atoms with Gasteiger partial charge in [0.05, 0.1) is 18.3 Å². The summed E-state index contributed by atoms with van der Waals surface area (Å²) in [5, 5.41) is 13.1. The van der Waals surface area contributed by atoms with Crippen LogP contribution in [0.3, 0.4) is 0 Å². The lowest BCUT2D eigenvalue weighted by Crippen LogP contribution is -2.60. The quantitative estimate of drug-likeness (QED) is 0.263. The lowest BCUT2D eigenvalue weighted by Gasteiger charge is -2.24. The maximum absolute atomic E-state index is 12.4. The van der Waals surface area contributed by atoms with Gasteiger partial charge in [0.2, 0.25) is 0 Å². The van der Waals surface area contributed by atoms with E-state index in [2.05, 4.69) is 25.8 Å². The second kappa shape index (κ2) is 8.49. The van der Waals surface area contributed by atoms with Crippen molar-refractivity contribution in [3.05, 3.63) is 54.4 Å². The summed E-state index contributed by atoms with van der Waals surface area (Å²) in [6.07, 6.45) is 3.87. The van der Waals surface area contributed by atoms with Gasteiger partial charge in [0.1, 0.15) is 5.82 Å². The minimum Gasteiger partial charge on any atom is -0.463 e. The number of amides is 1. The van der Waals surface area contributed by atoms with Crippen molar-refractivity contribution in [3.63, 3.8) is 0 Å². The monoisotopic (exact) mass is 382 g/mol. The van der Waals surface area contributed by atoms with E-state index in [4.69, 9.17) is 10.5 Å². The molecule has 0 aliphatic heterocycles. The summed E-state index contributed by atoms with van der Waals surface area (Å²) in [6, 6.07) is 10.6. The molecule has 9 heteroatoms. The van der Waals surface area contributed by atoms with Gasteiger partial charge in [-0.2, -0.15) is 5.10 Å². The summed E-state index contributed by atoms with van der Waals surface area (Å²) in [7, 11) is 0. The summed E-state index contributed by atoms with van der Waals surface area (Å²) in [4.78, 5) is 28.8. The fourth-order valence-electron chi connectivity index (χ4n) is 2.51. The van der Waals surface area contributed by atoms with Gasteiger partial charge in [-0.25, -0.2) is 9.78 Å². The second-order valence-electron chi connectivity index (χ2n) is 6.46. The highest BCUT2D eigenvalue weighted by molar-refractivity contribution is 6.00. The number of fused-ring (bicyclic) bond motifs is 1. The Morgan fingerprint density at radius 2 is 2.14 bits per heavy atom. The maximum atomic E-state index is 12.4. The summed E-state index contributed by atoms with van der Waals surface area (Å²) in [6.45, 7) is 2.15. The van der Waals surface area contributed by atoms with E-state index < -0.39 is 17.5 Å². The van der Waals surface area contributed by atoms with E-state index in [-0.39, 0.29) is 6.61 Å². The third-order valence-electron chi connectivity index (χ3n) is 4.02. The predicted molar refractivity (Wildman–Crippen MR) is 104 cm³/mol. The first-order valence-corrected chi connectivity index (χ1v) is 8.82. The first-order valence-electron chi connectivity index (χ1n) is 8.82. The highest BCUT2D eigenvalue weighted by atomic mass is 16.5. The van der Waals surface area contributed by atoms with E-state index in [0.717, 1.165) is 16.7 Å². The lowest BCUT2D eigenvalue weighted by atomic mass is 10.1. The van der Waals surface area contributed by atoms with Crippen molar-refractivity contribution in [1.29, 1.82) is 0 Å². The Morgan fingerprint density at radius 3 is 2.93 bits per heavy atom. The molecule has 0 radical (unpaired) electrons. The van der Waals surface area contributed by atoms with E-state index in [1.165, 1.54) is 6.92 Å². The molecule has 1 atom stereocenters. The maximum Gasteiger partial charge on any atom is 0.346 e. The van der Waals surface area contributed by atoms with Gasteiger partial charge < -0.3 is 15.4 Å². The number of pyridine rings is 1. The van der Waals surface area contributed by atoms with Gasteiger partial charge in [0.25, 0.3) is 5.91 Å². The normalized spacial score (nSPS) is 12.9. The minimum atomic E-state index is -1.64. The molecule has 2 heterocycles. The molecular weight excluding hydrogens is 360 g/mol. The van der Waals surface area contributed by atoms with E-state index in [0.29, 0.717) is 18.5 Å². The van der Waals surface area contributed by atoms with Crippen molar-refractivity contribution >= 4 is 28.6 Å². The molecular formula is C19H22N6O3. The van der Waals surface area contributed by atoms with Crippen molar-refractivity contribution < 1.29 is 14.3 Å². The molecule has 3 rings (SSSR count). The molecule has 5 N–H and O–H groups in total. The standard InChI is InChI=1S/C19H22N6O3/c1-19(20,18(27)28-10-4-9-22-16-5-2-3-8-21-16)24-17(26)13-6-7-15-14(11-13)12-23-25-15/h2-3,5-8,11-12H,4,9-10,20H2,1H3,(H,21,22)(H,23,25)(H,24,26)/t19-/m0/s1. The number of nitrogens with two attached hydrogens (primary N) is 1. The van der Waals surface area contributed by atoms with E-state index >= 15 is 0 Å². The summed E-state index contributed by atoms with van der Waals surface area (Å²) in [5.41, 5.74) is 5.49. The molecule has 0 bridgehead atoms. The molecule has 146 valence electrons. The number of carbonyl (C=O) groups is 2. The van der Waals surface area contributed by atoms with Gasteiger partial charge in [-0.05, 0) is 43.7 Å². The van der Waals surface area contributed by atoms with Crippen LogP contribution in [-0.2, 0) is 9.53 Å². The fourth-order valence-corrected chi connectivity index (χ4v) is 2.51. The zero-order valence-electron chi connectivity index (χ0n) is 15.4. The van der Waals surface area contributed by atoms with Crippen LogP contribution in [0.4, 0.5) is 5.82 Å². The molecule has 3 aromatic rings. The molecule has 0 fully saturated rings.